The smallest absolute Gasteiger partial charge is 0.265 e. The molecule has 1 N–H and O–H groups in total. The van der Waals surface area contributed by atoms with Crippen LogP contribution in [0.5, 0.6) is 0 Å². The summed E-state index contributed by atoms with van der Waals surface area (Å²) in [4.78, 5) is 10.2. The number of nitro groups is 1. The van der Waals surface area contributed by atoms with Crippen molar-refractivity contribution in [2.75, 3.05) is 13.1 Å². The minimum Gasteiger partial charge on any atom is -0.313 e. The van der Waals surface area contributed by atoms with Gasteiger partial charge in [0.05, 0.1) is 4.92 Å². The molecule has 0 heterocycles. The van der Waals surface area contributed by atoms with Crippen LogP contribution in [0.1, 0.15) is 19.8 Å². The molecule has 0 saturated carbocycles. The first kappa shape index (κ1) is 11.7. The SMILES string of the molecule is CCCNCC1=CCC=C([N+](=O)[O-])C=C1. The highest BCUT2D eigenvalue weighted by atomic mass is 16.6. The lowest BCUT2D eigenvalue weighted by atomic mass is 10.2. The van der Waals surface area contributed by atoms with Crippen molar-refractivity contribution in [1.82, 2.24) is 5.32 Å². The number of nitrogens with zero attached hydrogens (tertiary/aromatic N) is 1. The molecule has 0 saturated heterocycles. The fourth-order valence-corrected chi connectivity index (χ4v) is 1.34. The van der Waals surface area contributed by atoms with Crippen LogP contribution in [0, 0.1) is 10.1 Å². The normalized spacial score (nSPS) is 15.5. The molecule has 0 fully saturated rings. The molecule has 4 heteroatoms. The Morgan fingerprint density at radius 3 is 2.93 bits per heavy atom. The average molecular weight is 208 g/mol. The zero-order valence-corrected chi connectivity index (χ0v) is 8.90. The minimum atomic E-state index is -0.354. The van der Waals surface area contributed by atoms with Crippen LogP contribution in [0.2, 0.25) is 0 Å². The number of hydrogen-bond acceptors (Lipinski definition) is 3. The van der Waals surface area contributed by atoms with Crippen molar-refractivity contribution in [2.24, 2.45) is 0 Å². The molecular formula is C11H16N2O2. The molecule has 0 bridgehead atoms. The fraction of sp³-hybridized carbons (Fsp3) is 0.455. The molecule has 15 heavy (non-hydrogen) atoms. The quantitative estimate of drug-likeness (QED) is 0.427. The standard InChI is InChI=1S/C11H16N2O2/c1-2-8-12-9-10-4-3-5-11(7-6-10)13(14)15/h4-7,12H,2-3,8-9H2,1H3. The number of hydrogen-bond donors (Lipinski definition) is 1. The van der Waals surface area contributed by atoms with Gasteiger partial charge in [0.1, 0.15) is 0 Å². The second-order valence-electron chi connectivity index (χ2n) is 3.41. The Morgan fingerprint density at radius 2 is 2.27 bits per heavy atom. The van der Waals surface area contributed by atoms with Crippen LogP contribution in [0.4, 0.5) is 0 Å². The van der Waals surface area contributed by atoms with Crippen LogP contribution in [0.15, 0.2) is 35.6 Å². The van der Waals surface area contributed by atoms with Crippen molar-refractivity contribution >= 4 is 0 Å². The highest BCUT2D eigenvalue weighted by molar-refractivity contribution is 5.29. The largest absolute Gasteiger partial charge is 0.313 e. The molecule has 0 unspecified atom stereocenters. The van der Waals surface area contributed by atoms with Crippen LogP contribution in [0.25, 0.3) is 0 Å². The van der Waals surface area contributed by atoms with Crippen molar-refractivity contribution in [3.63, 3.8) is 0 Å². The molecule has 0 aromatic carbocycles. The number of nitrogens with one attached hydrogen (secondary N) is 1. The van der Waals surface area contributed by atoms with Crippen LogP contribution < -0.4 is 5.32 Å². The van der Waals surface area contributed by atoms with Gasteiger partial charge in [-0.25, -0.2) is 0 Å². The van der Waals surface area contributed by atoms with Gasteiger partial charge < -0.3 is 5.32 Å². The lowest BCUT2D eigenvalue weighted by Crippen LogP contribution is -2.17. The first-order chi connectivity index (χ1) is 7.24. The maximum Gasteiger partial charge on any atom is 0.265 e. The summed E-state index contributed by atoms with van der Waals surface area (Å²) in [6.07, 6.45) is 8.73. The number of rotatable bonds is 5. The lowest BCUT2D eigenvalue weighted by molar-refractivity contribution is -0.419. The van der Waals surface area contributed by atoms with E-state index in [2.05, 4.69) is 12.2 Å². The minimum absolute atomic E-state index is 0.178. The molecular weight excluding hydrogens is 192 g/mol. The Labute approximate surface area is 89.5 Å². The van der Waals surface area contributed by atoms with E-state index in [1.807, 2.05) is 12.2 Å². The van der Waals surface area contributed by atoms with Gasteiger partial charge in [0.2, 0.25) is 0 Å². The van der Waals surface area contributed by atoms with Gasteiger partial charge in [-0.15, -0.1) is 0 Å². The summed E-state index contributed by atoms with van der Waals surface area (Å²) in [7, 11) is 0. The summed E-state index contributed by atoms with van der Waals surface area (Å²) in [5, 5.41) is 13.8. The molecule has 0 amide bonds. The Morgan fingerprint density at radius 1 is 1.47 bits per heavy atom. The maximum atomic E-state index is 10.5. The monoisotopic (exact) mass is 208 g/mol. The summed E-state index contributed by atoms with van der Waals surface area (Å²) < 4.78 is 0. The molecule has 0 aliphatic heterocycles. The third kappa shape index (κ3) is 4.08. The second kappa shape index (κ2) is 6.14. The van der Waals surface area contributed by atoms with E-state index in [0.717, 1.165) is 25.1 Å². The summed E-state index contributed by atoms with van der Waals surface area (Å²) in [5.74, 6) is 0. The van der Waals surface area contributed by atoms with Gasteiger partial charge in [-0.1, -0.05) is 19.1 Å². The maximum absolute atomic E-state index is 10.5. The Bertz CT molecular complexity index is 317. The first-order valence-corrected chi connectivity index (χ1v) is 5.16. The molecule has 0 aromatic rings. The van der Waals surface area contributed by atoms with Gasteiger partial charge in [-0.05, 0) is 31.0 Å². The van der Waals surface area contributed by atoms with E-state index in [1.165, 1.54) is 0 Å². The molecule has 0 spiro atoms. The first-order valence-electron chi connectivity index (χ1n) is 5.16. The van der Waals surface area contributed by atoms with Crippen molar-refractivity contribution in [1.29, 1.82) is 0 Å². The summed E-state index contributed by atoms with van der Waals surface area (Å²) in [5.41, 5.74) is 1.29. The van der Waals surface area contributed by atoms with Crippen LogP contribution >= 0.6 is 0 Å². The molecule has 4 nitrogen and oxygen atoms in total. The van der Waals surface area contributed by atoms with Crippen molar-refractivity contribution in [2.45, 2.75) is 19.8 Å². The highest BCUT2D eigenvalue weighted by Gasteiger charge is 2.07. The van der Waals surface area contributed by atoms with Gasteiger partial charge in [-0.3, -0.25) is 10.1 Å². The van der Waals surface area contributed by atoms with Gasteiger partial charge in [0.15, 0.2) is 0 Å². The summed E-state index contributed by atoms with van der Waals surface area (Å²) >= 11 is 0. The van der Waals surface area contributed by atoms with Crippen LogP contribution in [-0.2, 0) is 0 Å². The predicted octanol–water partition coefficient (Wildman–Crippen LogP) is 2.03. The van der Waals surface area contributed by atoms with E-state index in [-0.39, 0.29) is 10.6 Å². The Kier molecular flexibility index (Phi) is 4.77. The van der Waals surface area contributed by atoms with Gasteiger partial charge in [-0.2, -0.15) is 0 Å². The summed E-state index contributed by atoms with van der Waals surface area (Å²) in [6.45, 7) is 3.86. The fourth-order valence-electron chi connectivity index (χ4n) is 1.34. The third-order valence-electron chi connectivity index (χ3n) is 2.14. The lowest BCUT2D eigenvalue weighted by Gasteiger charge is -2.02. The van der Waals surface area contributed by atoms with E-state index in [1.54, 1.807) is 12.2 Å². The molecule has 82 valence electrons. The molecule has 0 atom stereocenters. The molecule has 1 aliphatic rings. The van der Waals surface area contributed by atoms with Crippen LogP contribution in [-0.4, -0.2) is 18.0 Å². The summed E-state index contributed by atoms with van der Waals surface area (Å²) in [6, 6.07) is 0. The zero-order chi connectivity index (χ0) is 11.1. The Balaban J connectivity index is 2.48. The van der Waals surface area contributed by atoms with Gasteiger partial charge in [0, 0.05) is 12.6 Å². The van der Waals surface area contributed by atoms with Crippen molar-refractivity contribution in [3.8, 4) is 0 Å². The van der Waals surface area contributed by atoms with Crippen molar-refractivity contribution < 1.29 is 4.92 Å². The van der Waals surface area contributed by atoms with E-state index in [0.29, 0.717) is 6.42 Å². The second-order valence-corrected chi connectivity index (χ2v) is 3.41. The molecule has 0 aromatic heterocycles. The molecule has 1 aliphatic carbocycles. The van der Waals surface area contributed by atoms with Gasteiger partial charge >= 0.3 is 0 Å². The molecule has 1 rings (SSSR count). The predicted molar refractivity (Wildman–Crippen MR) is 60.1 cm³/mol. The highest BCUT2D eigenvalue weighted by Crippen LogP contribution is 2.10. The van der Waals surface area contributed by atoms with Gasteiger partial charge in [0.25, 0.3) is 5.70 Å². The van der Waals surface area contributed by atoms with E-state index >= 15 is 0 Å². The number of allylic oxidation sites excluding steroid dienone is 3. The van der Waals surface area contributed by atoms with Crippen LogP contribution in [0.3, 0.4) is 0 Å². The van der Waals surface area contributed by atoms with E-state index in [9.17, 15) is 10.1 Å². The zero-order valence-electron chi connectivity index (χ0n) is 8.90. The third-order valence-corrected chi connectivity index (χ3v) is 2.14. The Hall–Kier alpha value is -1.42. The van der Waals surface area contributed by atoms with E-state index in [4.69, 9.17) is 0 Å². The topological polar surface area (TPSA) is 55.2 Å². The molecule has 0 radical (unpaired) electrons. The average Bonchev–Trinajstić information content (AvgIpc) is 2.44. The van der Waals surface area contributed by atoms with E-state index < -0.39 is 0 Å². The van der Waals surface area contributed by atoms with Crippen molar-refractivity contribution in [3.05, 3.63) is 45.7 Å².